The van der Waals surface area contributed by atoms with Gasteiger partial charge >= 0.3 is 5.97 Å². The van der Waals surface area contributed by atoms with Crippen LogP contribution in [0.5, 0.6) is 5.75 Å². The van der Waals surface area contributed by atoms with Crippen LogP contribution in [0.25, 0.3) is 0 Å². The third-order valence-electron chi connectivity index (χ3n) is 6.31. The highest BCUT2D eigenvalue weighted by atomic mass is 16.5. The highest BCUT2D eigenvalue weighted by Crippen LogP contribution is 2.47. The SMILES string of the molecule is CC=C(CC)C(C)=C(C(=O)O)N1CCOc2cc3c(cc21)C(C)(C)C=CC3(C)C. The third kappa shape index (κ3) is 3.61. The first-order chi connectivity index (χ1) is 13.5. The van der Waals surface area contributed by atoms with Crippen LogP contribution in [0.2, 0.25) is 0 Å². The molecule has 4 heteroatoms. The first-order valence-corrected chi connectivity index (χ1v) is 10.4. The Balaban J connectivity index is 2.24. The molecular weight excluding hydrogens is 362 g/mol. The molecule has 0 amide bonds. The minimum absolute atomic E-state index is 0.0900. The normalized spacial score (nSPS) is 20.4. The molecule has 1 heterocycles. The fourth-order valence-corrected chi connectivity index (χ4v) is 4.47. The summed E-state index contributed by atoms with van der Waals surface area (Å²) in [6, 6.07) is 4.26. The van der Waals surface area contributed by atoms with Gasteiger partial charge in [0.1, 0.15) is 18.1 Å². The Bertz CT molecular complexity index is 932. The van der Waals surface area contributed by atoms with Crippen molar-refractivity contribution in [3.63, 3.8) is 0 Å². The number of fused-ring (bicyclic) bond motifs is 2. The smallest absolute Gasteiger partial charge is 0.352 e. The lowest BCUT2D eigenvalue weighted by Gasteiger charge is -2.40. The molecule has 0 saturated heterocycles. The molecule has 0 atom stereocenters. The van der Waals surface area contributed by atoms with Gasteiger partial charge in [-0.25, -0.2) is 4.79 Å². The van der Waals surface area contributed by atoms with Gasteiger partial charge in [0.05, 0.1) is 12.2 Å². The van der Waals surface area contributed by atoms with E-state index in [2.05, 4.69) is 58.9 Å². The van der Waals surface area contributed by atoms with Gasteiger partial charge in [0.15, 0.2) is 0 Å². The molecule has 0 spiro atoms. The van der Waals surface area contributed by atoms with E-state index in [9.17, 15) is 9.90 Å². The molecule has 1 aromatic carbocycles. The molecule has 1 N–H and O–H groups in total. The summed E-state index contributed by atoms with van der Waals surface area (Å²) in [6.07, 6.45) is 7.31. The Labute approximate surface area is 174 Å². The maximum Gasteiger partial charge on any atom is 0.352 e. The first kappa shape index (κ1) is 21.2. The molecule has 29 heavy (non-hydrogen) atoms. The highest BCUT2D eigenvalue weighted by Gasteiger charge is 2.36. The van der Waals surface area contributed by atoms with E-state index in [1.54, 1.807) is 0 Å². The van der Waals surface area contributed by atoms with E-state index in [1.807, 2.05) is 24.8 Å². The molecule has 0 fully saturated rings. The third-order valence-corrected chi connectivity index (χ3v) is 6.31. The van der Waals surface area contributed by atoms with Crippen molar-refractivity contribution in [1.29, 1.82) is 0 Å². The second-order valence-corrected chi connectivity index (χ2v) is 9.09. The molecule has 0 saturated carbocycles. The standard InChI is InChI=1S/C25H33NO3/c1-8-17(9-2)16(3)22(23(27)28)26-12-13-29-21-15-19-18(14-20(21)26)24(4,5)10-11-25(19,6)7/h8,10-11,14-15H,9,12-13H2,1-7H3,(H,27,28). The van der Waals surface area contributed by atoms with Gasteiger partial charge in [-0.3, -0.25) is 0 Å². The molecule has 156 valence electrons. The minimum atomic E-state index is -0.902. The summed E-state index contributed by atoms with van der Waals surface area (Å²) in [4.78, 5) is 14.3. The van der Waals surface area contributed by atoms with Crippen LogP contribution in [-0.2, 0) is 15.6 Å². The van der Waals surface area contributed by atoms with E-state index in [0.29, 0.717) is 18.8 Å². The van der Waals surface area contributed by atoms with Gasteiger partial charge in [-0.15, -0.1) is 0 Å². The van der Waals surface area contributed by atoms with Gasteiger partial charge < -0.3 is 14.7 Å². The number of anilines is 1. The summed E-state index contributed by atoms with van der Waals surface area (Å²) < 4.78 is 6.01. The lowest BCUT2D eigenvalue weighted by atomic mass is 9.68. The molecule has 1 aliphatic carbocycles. The first-order valence-electron chi connectivity index (χ1n) is 10.4. The summed E-state index contributed by atoms with van der Waals surface area (Å²) in [5.74, 6) is -0.139. The maximum absolute atomic E-state index is 12.3. The number of carboxylic acid groups (broad SMARTS) is 1. The predicted octanol–water partition coefficient (Wildman–Crippen LogP) is 5.73. The number of nitrogens with zero attached hydrogens (tertiary/aromatic N) is 1. The van der Waals surface area contributed by atoms with Crippen molar-refractivity contribution >= 4 is 11.7 Å². The lowest BCUT2D eigenvalue weighted by molar-refractivity contribution is -0.132. The van der Waals surface area contributed by atoms with E-state index in [4.69, 9.17) is 4.74 Å². The zero-order chi connectivity index (χ0) is 21.6. The molecule has 0 radical (unpaired) electrons. The maximum atomic E-state index is 12.3. The Hall–Kier alpha value is -2.49. The van der Waals surface area contributed by atoms with Crippen LogP contribution in [0.1, 0.15) is 66.0 Å². The molecule has 2 aliphatic rings. The number of rotatable bonds is 4. The number of aliphatic carboxylic acids is 1. The zero-order valence-electron chi connectivity index (χ0n) is 18.7. The average Bonchev–Trinajstić information content (AvgIpc) is 2.66. The van der Waals surface area contributed by atoms with Gasteiger partial charge in [0.2, 0.25) is 0 Å². The summed E-state index contributed by atoms with van der Waals surface area (Å²) >= 11 is 0. The van der Waals surface area contributed by atoms with Gasteiger partial charge in [0.25, 0.3) is 0 Å². The Morgan fingerprint density at radius 2 is 1.76 bits per heavy atom. The molecule has 1 aromatic rings. The number of ether oxygens (including phenoxy) is 1. The van der Waals surface area contributed by atoms with Crippen molar-refractivity contribution in [3.8, 4) is 5.75 Å². The zero-order valence-corrected chi connectivity index (χ0v) is 18.7. The van der Waals surface area contributed by atoms with Crippen molar-refractivity contribution < 1.29 is 14.6 Å². The fourth-order valence-electron chi connectivity index (χ4n) is 4.47. The number of allylic oxidation sites excluding steroid dienone is 5. The van der Waals surface area contributed by atoms with Gasteiger partial charge in [-0.2, -0.15) is 0 Å². The second kappa shape index (κ2) is 7.40. The highest BCUT2D eigenvalue weighted by molar-refractivity contribution is 5.94. The Morgan fingerprint density at radius 3 is 2.28 bits per heavy atom. The van der Waals surface area contributed by atoms with Crippen molar-refractivity contribution in [2.24, 2.45) is 0 Å². The second-order valence-electron chi connectivity index (χ2n) is 9.09. The van der Waals surface area contributed by atoms with Crippen LogP contribution in [0, 0.1) is 0 Å². The van der Waals surface area contributed by atoms with Gasteiger partial charge in [-0.05, 0) is 54.7 Å². The number of benzene rings is 1. The van der Waals surface area contributed by atoms with Crippen LogP contribution in [-0.4, -0.2) is 24.2 Å². The quantitative estimate of drug-likeness (QED) is 0.402. The van der Waals surface area contributed by atoms with E-state index < -0.39 is 5.97 Å². The molecule has 3 rings (SSSR count). The van der Waals surface area contributed by atoms with Crippen molar-refractivity contribution in [2.45, 2.75) is 65.7 Å². The molecule has 0 bridgehead atoms. The number of hydrogen-bond donors (Lipinski definition) is 1. The van der Waals surface area contributed by atoms with Crippen LogP contribution in [0.3, 0.4) is 0 Å². The molecule has 0 aromatic heterocycles. The monoisotopic (exact) mass is 395 g/mol. The van der Waals surface area contributed by atoms with Crippen LogP contribution in [0.4, 0.5) is 5.69 Å². The number of carboxylic acids is 1. The van der Waals surface area contributed by atoms with Crippen molar-refractivity contribution in [1.82, 2.24) is 0 Å². The topological polar surface area (TPSA) is 49.8 Å². The summed E-state index contributed by atoms with van der Waals surface area (Å²) in [5.41, 5.74) is 5.31. The lowest BCUT2D eigenvalue weighted by Crippen LogP contribution is -2.37. The molecule has 0 unspecified atom stereocenters. The van der Waals surface area contributed by atoms with Crippen LogP contribution < -0.4 is 9.64 Å². The molecular formula is C25H33NO3. The van der Waals surface area contributed by atoms with Gasteiger partial charge in [0, 0.05) is 10.8 Å². The average molecular weight is 396 g/mol. The predicted molar refractivity (Wildman–Crippen MR) is 119 cm³/mol. The largest absolute Gasteiger partial charge is 0.490 e. The summed E-state index contributed by atoms with van der Waals surface area (Å²) in [5, 5.41) is 10.1. The van der Waals surface area contributed by atoms with Crippen LogP contribution in [0.15, 0.2) is 47.2 Å². The summed E-state index contributed by atoms with van der Waals surface area (Å²) in [7, 11) is 0. The van der Waals surface area contributed by atoms with E-state index in [1.165, 1.54) is 11.1 Å². The number of carbonyl (C=O) groups is 1. The minimum Gasteiger partial charge on any atom is -0.490 e. The molecule has 4 nitrogen and oxygen atoms in total. The van der Waals surface area contributed by atoms with E-state index >= 15 is 0 Å². The molecule has 1 aliphatic heterocycles. The Kier molecular flexibility index (Phi) is 5.42. The number of hydrogen-bond acceptors (Lipinski definition) is 3. The van der Waals surface area contributed by atoms with Crippen LogP contribution >= 0.6 is 0 Å². The van der Waals surface area contributed by atoms with Crippen molar-refractivity contribution in [3.05, 3.63) is 58.3 Å². The fraction of sp³-hybridized carbons (Fsp3) is 0.480. The Morgan fingerprint density at radius 1 is 1.17 bits per heavy atom. The van der Waals surface area contributed by atoms with Gasteiger partial charge in [-0.1, -0.05) is 52.8 Å². The van der Waals surface area contributed by atoms with E-state index in [0.717, 1.165) is 29.0 Å². The summed E-state index contributed by atoms with van der Waals surface area (Å²) in [6.45, 7) is 15.7. The van der Waals surface area contributed by atoms with Crippen molar-refractivity contribution in [2.75, 3.05) is 18.1 Å². The van der Waals surface area contributed by atoms with E-state index in [-0.39, 0.29) is 10.8 Å².